The number of rotatable bonds is 7. The van der Waals surface area contributed by atoms with Gasteiger partial charge in [0, 0.05) is 32.2 Å². The fraction of sp³-hybridized carbons (Fsp3) is 0.318. The van der Waals surface area contributed by atoms with Crippen molar-refractivity contribution in [3.63, 3.8) is 0 Å². The van der Waals surface area contributed by atoms with Crippen LogP contribution in [0.1, 0.15) is 15.9 Å². The number of aromatic nitrogens is 1. The number of nitrogens with zero attached hydrogens (tertiary/aromatic N) is 3. The van der Waals surface area contributed by atoms with Crippen LogP contribution in [0.4, 0.5) is 0 Å². The maximum Gasteiger partial charge on any atom is 0.420 e. The lowest BCUT2D eigenvalue weighted by Gasteiger charge is -2.31. The number of oxazole rings is 1. The van der Waals surface area contributed by atoms with Gasteiger partial charge in [-0.3, -0.25) is 14.2 Å². The standard InChI is InChI=1S/C22H23N3O7S/c1-15-3-6-20(31-2)17(11-15)19(27)13-25-18-5-4-16(12-21(18)32-22(25)28)33(29,30)24-9-7-23(14-26)8-10-24/h3-6,11-12,14H,7-10,13H2,1-2H3. The molecule has 11 heteroatoms. The van der Waals surface area contributed by atoms with Crippen LogP contribution in [0.3, 0.4) is 0 Å². The molecule has 0 spiro atoms. The Kier molecular flexibility index (Phi) is 6.09. The zero-order chi connectivity index (χ0) is 23.8. The van der Waals surface area contributed by atoms with Gasteiger partial charge in [0.2, 0.25) is 16.4 Å². The van der Waals surface area contributed by atoms with Gasteiger partial charge >= 0.3 is 5.76 Å². The van der Waals surface area contributed by atoms with Crippen molar-refractivity contribution in [2.75, 3.05) is 33.3 Å². The van der Waals surface area contributed by atoms with Gasteiger partial charge in [-0.1, -0.05) is 11.6 Å². The normalized spacial score (nSPS) is 15.0. The van der Waals surface area contributed by atoms with E-state index in [1.54, 1.807) is 12.1 Å². The van der Waals surface area contributed by atoms with Crippen molar-refractivity contribution >= 4 is 33.3 Å². The Hall–Kier alpha value is -3.44. The highest BCUT2D eigenvalue weighted by Gasteiger charge is 2.29. The van der Waals surface area contributed by atoms with E-state index in [9.17, 15) is 22.8 Å². The molecule has 3 aromatic rings. The van der Waals surface area contributed by atoms with E-state index in [-0.39, 0.29) is 35.9 Å². The summed E-state index contributed by atoms with van der Waals surface area (Å²) in [6, 6.07) is 9.30. The molecule has 0 aliphatic carbocycles. The number of ketones is 1. The Morgan fingerprint density at radius 3 is 2.52 bits per heavy atom. The Morgan fingerprint density at radius 1 is 1.12 bits per heavy atom. The van der Waals surface area contributed by atoms with Crippen LogP contribution >= 0.6 is 0 Å². The number of carbonyl (C=O) groups excluding carboxylic acids is 2. The zero-order valence-corrected chi connectivity index (χ0v) is 19.0. The SMILES string of the molecule is COc1ccc(C)cc1C(=O)Cn1c(=O)oc2cc(S(=O)(=O)N3CCN(C=O)CC3)ccc21. The van der Waals surface area contributed by atoms with E-state index in [0.29, 0.717) is 36.3 Å². The summed E-state index contributed by atoms with van der Waals surface area (Å²) >= 11 is 0. The molecule has 1 fully saturated rings. The summed E-state index contributed by atoms with van der Waals surface area (Å²) in [5.41, 5.74) is 1.58. The van der Waals surface area contributed by atoms with E-state index in [1.165, 1.54) is 39.1 Å². The molecule has 1 amide bonds. The first-order valence-electron chi connectivity index (χ1n) is 10.3. The molecule has 0 N–H and O–H groups in total. The van der Waals surface area contributed by atoms with Gasteiger partial charge in [-0.2, -0.15) is 4.31 Å². The number of aryl methyl sites for hydroxylation is 1. The predicted octanol–water partition coefficient (Wildman–Crippen LogP) is 1.26. The molecule has 0 bridgehead atoms. The first-order chi connectivity index (χ1) is 15.7. The molecule has 0 radical (unpaired) electrons. The third-order valence-corrected chi connectivity index (χ3v) is 7.55. The van der Waals surface area contributed by atoms with Crippen LogP contribution in [-0.4, -0.2) is 67.7 Å². The number of hydrogen-bond acceptors (Lipinski definition) is 7. The van der Waals surface area contributed by atoms with Gasteiger partial charge < -0.3 is 14.1 Å². The highest BCUT2D eigenvalue weighted by Crippen LogP contribution is 2.24. The third-order valence-electron chi connectivity index (χ3n) is 5.66. The number of piperazine rings is 1. The van der Waals surface area contributed by atoms with Gasteiger partial charge in [0.1, 0.15) is 5.75 Å². The monoisotopic (exact) mass is 473 g/mol. The van der Waals surface area contributed by atoms with Crippen LogP contribution in [0.15, 0.2) is 50.5 Å². The second-order valence-corrected chi connectivity index (χ2v) is 9.69. The second kappa shape index (κ2) is 8.83. The van der Waals surface area contributed by atoms with Crippen LogP contribution in [0.5, 0.6) is 5.75 Å². The van der Waals surface area contributed by atoms with Gasteiger partial charge in [0.05, 0.1) is 29.6 Å². The molecule has 1 aliphatic heterocycles. The quantitative estimate of drug-likeness (QED) is 0.374. The lowest BCUT2D eigenvalue weighted by molar-refractivity contribution is -0.119. The molecule has 0 atom stereocenters. The molecule has 0 saturated carbocycles. The van der Waals surface area contributed by atoms with Crippen molar-refractivity contribution in [3.8, 4) is 5.75 Å². The van der Waals surface area contributed by atoms with Crippen molar-refractivity contribution in [1.29, 1.82) is 0 Å². The zero-order valence-electron chi connectivity index (χ0n) is 18.2. The molecule has 1 saturated heterocycles. The van der Waals surface area contributed by atoms with Crippen molar-refractivity contribution < 1.29 is 27.2 Å². The molecule has 2 aromatic carbocycles. The first-order valence-corrected chi connectivity index (χ1v) is 11.7. The number of amides is 1. The average Bonchev–Trinajstić information content (AvgIpc) is 3.13. The number of benzene rings is 2. The maximum absolute atomic E-state index is 13.0. The number of fused-ring (bicyclic) bond motifs is 1. The predicted molar refractivity (Wildman–Crippen MR) is 119 cm³/mol. The summed E-state index contributed by atoms with van der Waals surface area (Å²) < 4.78 is 39.0. The van der Waals surface area contributed by atoms with E-state index in [4.69, 9.17) is 9.15 Å². The summed E-state index contributed by atoms with van der Waals surface area (Å²) in [7, 11) is -2.37. The van der Waals surface area contributed by atoms with Crippen LogP contribution in [0.25, 0.3) is 11.1 Å². The van der Waals surface area contributed by atoms with E-state index in [1.807, 2.05) is 13.0 Å². The Labute approximate surface area is 190 Å². The fourth-order valence-corrected chi connectivity index (χ4v) is 5.26. The summed E-state index contributed by atoms with van der Waals surface area (Å²) in [6.07, 6.45) is 0.695. The second-order valence-electron chi connectivity index (χ2n) is 7.76. The van der Waals surface area contributed by atoms with E-state index >= 15 is 0 Å². The van der Waals surface area contributed by atoms with Crippen LogP contribution in [0, 0.1) is 6.92 Å². The number of Topliss-reactive ketones (excluding diaryl/α,β-unsaturated/α-hetero) is 1. The molecule has 1 aliphatic rings. The largest absolute Gasteiger partial charge is 0.496 e. The number of hydrogen-bond donors (Lipinski definition) is 0. The van der Waals surface area contributed by atoms with Crippen molar-refractivity contribution in [2.45, 2.75) is 18.4 Å². The number of sulfonamides is 1. The summed E-state index contributed by atoms with van der Waals surface area (Å²) in [4.78, 5) is 37.7. The molecule has 2 heterocycles. The van der Waals surface area contributed by atoms with Gasteiger partial charge in [-0.15, -0.1) is 0 Å². The number of carbonyl (C=O) groups is 2. The summed E-state index contributed by atoms with van der Waals surface area (Å²) in [6.45, 7) is 2.53. The van der Waals surface area contributed by atoms with Crippen molar-refractivity contribution in [3.05, 3.63) is 58.1 Å². The molecular formula is C22H23N3O7S. The summed E-state index contributed by atoms with van der Waals surface area (Å²) in [5, 5.41) is 0. The van der Waals surface area contributed by atoms with Crippen LogP contribution in [-0.2, 0) is 21.4 Å². The van der Waals surface area contributed by atoms with E-state index in [2.05, 4.69) is 0 Å². The lowest BCUT2D eigenvalue weighted by atomic mass is 10.1. The van der Waals surface area contributed by atoms with Gasteiger partial charge in [0.25, 0.3) is 0 Å². The molecule has 0 unspecified atom stereocenters. The molecule has 1 aromatic heterocycles. The minimum atomic E-state index is -3.83. The number of methoxy groups -OCH3 is 1. The molecule has 174 valence electrons. The topological polar surface area (TPSA) is 119 Å². The molecule has 4 rings (SSSR count). The minimum Gasteiger partial charge on any atom is -0.496 e. The summed E-state index contributed by atoms with van der Waals surface area (Å²) in [5.74, 6) is -0.710. The van der Waals surface area contributed by atoms with Gasteiger partial charge in [0.15, 0.2) is 11.4 Å². The third kappa shape index (κ3) is 4.29. The molecule has 33 heavy (non-hydrogen) atoms. The average molecular weight is 474 g/mol. The van der Waals surface area contributed by atoms with E-state index in [0.717, 1.165) is 5.56 Å². The van der Waals surface area contributed by atoms with Crippen molar-refractivity contribution in [1.82, 2.24) is 13.8 Å². The smallest absolute Gasteiger partial charge is 0.420 e. The first kappa shape index (κ1) is 22.7. The van der Waals surface area contributed by atoms with Crippen molar-refractivity contribution in [2.24, 2.45) is 0 Å². The maximum atomic E-state index is 13.0. The molecule has 10 nitrogen and oxygen atoms in total. The lowest BCUT2D eigenvalue weighted by Crippen LogP contribution is -2.47. The van der Waals surface area contributed by atoms with E-state index < -0.39 is 15.8 Å². The van der Waals surface area contributed by atoms with Crippen LogP contribution < -0.4 is 10.5 Å². The molecular weight excluding hydrogens is 450 g/mol. The van der Waals surface area contributed by atoms with Gasteiger partial charge in [-0.05, 0) is 31.2 Å². The Balaban J connectivity index is 1.63. The Morgan fingerprint density at radius 2 is 1.85 bits per heavy atom. The van der Waals surface area contributed by atoms with Crippen LogP contribution in [0.2, 0.25) is 0 Å². The Bertz CT molecular complexity index is 1380. The fourth-order valence-electron chi connectivity index (χ4n) is 3.82. The minimum absolute atomic E-state index is 0.0258. The highest BCUT2D eigenvalue weighted by atomic mass is 32.2. The highest BCUT2D eigenvalue weighted by molar-refractivity contribution is 7.89. The number of ether oxygens (including phenoxy) is 1. The van der Waals surface area contributed by atoms with Gasteiger partial charge in [-0.25, -0.2) is 13.2 Å².